The van der Waals surface area contributed by atoms with Crippen molar-refractivity contribution in [2.75, 3.05) is 13.2 Å². The molecule has 0 amide bonds. The quantitative estimate of drug-likeness (QED) is 0.0527. The zero-order chi connectivity index (χ0) is 39.9. The number of ether oxygens (including phenoxy) is 2. The van der Waals surface area contributed by atoms with Gasteiger partial charge in [0, 0.05) is 6.54 Å². The molecule has 6 N–H and O–H groups in total. The lowest BCUT2D eigenvalue weighted by molar-refractivity contribution is -0.304. The minimum atomic E-state index is -1.65. The van der Waals surface area contributed by atoms with Crippen molar-refractivity contribution in [1.82, 2.24) is 19.8 Å². The van der Waals surface area contributed by atoms with Crippen molar-refractivity contribution in [3.8, 4) is 0 Å². The number of nitrogens with zero attached hydrogens (tertiary/aromatic N) is 4. The molecule has 324 valence electrons. The molecule has 56 heavy (non-hydrogen) atoms. The van der Waals surface area contributed by atoms with Gasteiger partial charge in [-0.15, -0.1) is 0 Å². The van der Waals surface area contributed by atoms with Gasteiger partial charge in [-0.25, -0.2) is 4.79 Å². The summed E-state index contributed by atoms with van der Waals surface area (Å²) in [5, 5.41) is 71.1. The number of aryl methyl sites for hydroxylation is 1. The van der Waals surface area contributed by atoms with Gasteiger partial charge in [-0.3, -0.25) is 0 Å². The van der Waals surface area contributed by atoms with E-state index in [9.17, 15) is 35.4 Å². The van der Waals surface area contributed by atoms with Crippen molar-refractivity contribution >= 4 is 0 Å². The predicted octanol–water partition coefficient (Wildman–Crippen LogP) is 5.41. The summed E-state index contributed by atoms with van der Waals surface area (Å²) in [6.07, 6.45) is 19.6. The molecule has 13 atom stereocenters. The highest BCUT2D eigenvalue weighted by atomic mass is 16.7. The van der Waals surface area contributed by atoms with Crippen LogP contribution in [0.2, 0.25) is 0 Å². The van der Waals surface area contributed by atoms with E-state index in [4.69, 9.17) is 9.47 Å². The second kappa shape index (κ2) is 24.0. The summed E-state index contributed by atoms with van der Waals surface area (Å²) in [7, 11) is 0. The Labute approximate surface area is 335 Å². The summed E-state index contributed by atoms with van der Waals surface area (Å²) in [6.45, 7) is 1.57. The zero-order valence-electron chi connectivity index (χ0n) is 34.5. The number of unbranched alkanes of at least 4 members (excludes halogenated alkanes) is 18. The normalized spacial score (nSPS) is 31.1. The highest BCUT2D eigenvalue weighted by Gasteiger charge is 2.60. The fraction of sp³-hybridized carbons (Fsp3) is 0.977. The van der Waals surface area contributed by atoms with E-state index in [0.717, 1.165) is 72.8 Å². The molecule has 5 rings (SSSR count). The molecule has 0 aromatic carbocycles. The van der Waals surface area contributed by atoms with Crippen LogP contribution in [0.15, 0.2) is 4.79 Å². The van der Waals surface area contributed by atoms with Crippen molar-refractivity contribution < 1.29 is 40.1 Å². The summed E-state index contributed by atoms with van der Waals surface area (Å²) in [5.74, 6) is 5.40. The standard InChI is InChI=1S/C43H78N4O9/c1-2-3-4-5-6-7-8-9-10-14-17-20-23-36(49)38(50)35(29-55-42-41(53)40(52)39(51)37(28-48)56-42)47-43(54)46(44-45-47)24-21-18-15-12-11-13-16-19-22-30-25-31-26-32(30)34-27-33(31)34/h30-42,48-53H,2-29H2,1H3/t30-,31+,32?,33+,34-,35-,36+,37?,38-,39?,40?,41?,42?/m0/s1. The van der Waals surface area contributed by atoms with Crippen molar-refractivity contribution in [1.29, 1.82) is 0 Å². The monoisotopic (exact) mass is 795 g/mol. The summed E-state index contributed by atoms with van der Waals surface area (Å²) in [4.78, 5) is 13.5. The predicted molar refractivity (Wildman–Crippen MR) is 214 cm³/mol. The Morgan fingerprint density at radius 2 is 1.32 bits per heavy atom. The molecule has 4 aliphatic rings. The molecule has 2 heterocycles. The number of fused-ring (bicyclic) bond motifs is 5. The first-order valence-electron chi connectivity index (χ1n) is 23.1. The van der Waals surface area contributed by atoms with Crippen LogP contribution in [0.5, 0.6) is 0 Å². The Bertz CT molecular complexity index is 1280. The second-order valence-electron chi connectivity index (χ2n) is 18.1. The van der Waals surface area contributed by atoms with Gasteiger partial charge in [0.05, 0.1) is 19.3 Å². The topological polar surface area (TPSA) is 193 Å². The average molecular weight is 795 g/mol. The lowest BCUT2D eigenvalue weighted by Gasteiger charge is -2.40. The van der Waals surface area contributed by atoms with Gasteiger partial charge in [0.25, 0.3) is 0 Å². The maximum atomic E-state index is 13.5. The van der Waals surface area contributed by atoms with E-state index < -0.39 is 67.9 Å². The van der Waals surface area contributed by atoms with Crippen LogP contribution in [0.3, 0.4) is 0 Å². The van der Waals surface area contributed by atoms with Crippen LogP contribution >= 0.6 is 0 Å². The molecule has 13 heteroatoms. The maximum absolute atomic E-state index is 13.5. The Morgan fingerprint density at radius 1 is 0.714 bits per heavy atom. The van der Waals surface area contributed by atoms with Crippen molar-refractivity contribution in [2.24, 2.45) is 29.6 Å². The fourth-order valence-corrected chi connectivity index (χ4v) is 10.4. The van der Waals surface area contributed by atoms with Gasteiger partial charge in [0.2, 0.25) is 0 Å². The summed E-state index contributed by atoms with van der Waals surface area (Å²) in [5.41, 5.74) is -0.545. The Hall–Kier alpha value is -1.45. The van der Waals surface area contributed by atoms with E-state index in [1.54, 1.807) is 0 Å². The average Bonchev–Trinajstić information content (AvgIpc) is 3.63. The summed E-state index contributed by atoms with van der Waals surface area (Å²) in [6, 6.07) is -1.18. The van der Waals surface area contributed by atoms with Crippen molar-refractivity contribution in [3.05, 3.63) is 10.5 Å². The van der Waals surface area contributed by atoms with Gasteiger partial charge in [-0.05, 0) is 72.1 Å². The molecule has 0 radical (unpaired) electrons. The fourth-order valence-electron chi connectivity index (χ4n) is 10.4. The number of aliphatic hydroxyl groups is 6. The summed E-state index contributed by atoms with van der Waals surface area (Å²) >= 11 is 0. The number of rotatable bonds is 31. The lowest BCUT2D eigenvalue weighted by atomic mass is 9.85. The Balaban J connectivity index is 1.02. The first-order chi connectivity index (χ1) is 27.2. The molecular formula is C43H78N4O9. The Morgan fingerprint density at radius 3 is 1.93 bits per heavy atom. The molecule has 0 spiro atoms. The molecule has 6 unspecified atom stereocenters. The van der Waals surface area contributed by atoms with Crippen LogP contribution in [0.4, 0.5) is 0 Å². The molecule has 1 aromatic rings. The first kappa shape index (κ1) is 45.6. The molecule has 4 fully saturated rings. The second-order valence-corrected chi connectivity index (χ2v) is 18.1. The minimum Gasteiger partial charge on any atom is -0.394 e. The summed E-state index contributed by atoms with van der Waals surface area (Å²) < 4.78 is 13.5. The van der Waals surface area contributed by atoms with E-state index in [1.165, 1.54) is 114 Å². The molecule has 1 saturated heterocycles. The van der Waals surface area contributed by atoms with E-state index in [2.05, 4.69) is 17.4 Å². The smallest absolute Gasteiger partial charge is 0.364 e. The lowest BCUT2D eigenvalue weighted by Crippen LogP contribution is -2.59. The molecule has 1 aliphatic heterocycles. The van der Waals surface area contributed by atoms with Crippen molar-refractivity contribution in [3.63, 3.8) is 0 Å². The number of aliphatic hydroxyl groups excluding tert-OH is 6. The maximum Gasteiger partial charge on any atom is 0.364 e. The van der Waals surface area contributed by atoms with Gasteiger partial charge < -0.3 is 40.1 Å². The van der Waals surface area contributed by atoms with E-state index >= 15 is 0 Å². The molecular weight excluding hydrogens is 716 g/mol. The largest absolute Gasteiger partial charge is 0.394 e. The molecule has 2 bridgehead atoms. The van der Waals surface area contributed by atoms with Gasteiger partial charge in [0.15, 0.2) is 6.29 Å². The minimum absolute atomic E-state index is 0.320. The number of aromatic nitrogens is 4. The third kappa shape index (κ3) is 13.0. The third-order valence-corrected chi connectivity index (χ3v) is 13.9. The third-order valence-electron chi connectivity index (χ3n) is 13.9. The van der Waals surface area contributed by atoms with Crippen LogP contribution in [-0.4, -0.2) is 107 Å². The number of tetrazole rings is 1. The molecule has 13 nitrogen and oxygen atoms in total. The van der Waals surface area contributed by atoms with Crippen molar-refractivity contribution in [2.45, 2.75) is 223 Å². The van der Waals surface area contributed by atoms with Gasteiger partial charge in [-0.2, -0.15) is 9.36 Å². The van der Waals surface area contributed by atoms with Crippen LogP contribution in [0.1, 0.15) is 173 Å². The van der Waals surface area contributed by atoms with Crippen LogP contribution < -0.4 is 5.69 Å². The SMILES string of the molecule is CCCCCCCCCCCCCC[C@@H](O)[C@@H](O)[C@H](COC1OC(CO)C(O)C(O)C1O)n1nnn(CCCCCCCCCC[C@H]2C[C@@H]3CC2[C@@H]2C[C@H]32)c1=O. The van der Waals surface area contributed by atoms with E-state index in [1.807, 2.05) is 0 Å². The molecule has 3 saturated carbocycles. The van der Waals surface area contributed by atoms with Crippen LogP contribution in [-0.2, 0) is 16.0 Å². The highest BCUT2D eigenvalue weighted by Crippen LogP contribution is 2.68. The van der Waals surface area contributed by atoms with Gasteiger partial charge in [0.1, 0.15) is 36.6 Å². The van der Waals surface area contributed by atoms with Gasteiger partial charge in [-0.1, -0.05) is 135 Å². The van der Waals surface area contributed by atoms with Crippen LogP contribution in [0.25, 0.3) is 0 Å². The van der Waals surface area contributed by atoms with E-state index in [0.29, 0.717) is 19.4 Å². The number of hydrogen-bond acceptors (Lipinski definition) is 11. The van der Waals surface area contributed by atoms with Gasteiger partial charge >= 0.3 is 5.69 Å². The number of hydrogen-bond donors (Lipinski definition) is 6. The highest BCUT2D eigenvalue weighted by molar-refractivity contribution is 5.09. The molecule has 1 aromatic heterocycles. The Kier molecular flexibility index (Phi) is 19.5. The first-order valence-corrected chi connectivity index (χ1v) is 23.1. The molecule has 3 aliphatic carbocycles. The zero-order valence-corrected chi connectivity index (χ0v) is 34.5. The van der Waals surface area contributed by atoms with Crippen LogP contribution in [0, 0.1) is 29.6 Å². The van der Waals surface area contributed by atoms with E-state index in [-0.39, 0.29) is 0 Å².